The summed E-state index contributed by atoms with van der Waals surface area (Å²) in [5, 5.41) is 0. The van der Waals surface area contributed by atoms with Crippen LogP contribution in [0, 0.1) is 0 Å². The van der Waals surface area contributed by atoms with Crippen LogP contribution in [-0.2, 0) is 5.41 Å². The highest BCUT2D eigenvalue weighted by molar-refractivity contribution is 5.64. The fourth-order valence-electron chi connectivity index (χ4n) is 2.27. The van der Waals surface area contributed by atoms with Crippen molar-refractivity contribution in [1.29, 1.82) is 0 Å². The summed E-state index contributed by atoms with van der Waals surface area (Å²) in [4.78, 5) is 0. The van der Waals surface area contributed by atoms with E-state index in [0.29, 0.717) is 6.10 Å². The Balaban J connectivity index is 1.77. The smallest absolute Gasteiger partial charge is 0.119 e. The predicted molar refractivity (Wildman–Crippen MR) is 84.2 cm³/mol. The molecule has 1 aliphatic rings. The summed E-state index contributed by atoms with van der Waals surface area (Å²) in [6, 6.07) is 17.3. The van der Waals surface area contributed by atoms with Gasteiger partial charge in [-0.1, -0.05) is 57.2 Å². The molecule has 1 fully saturated rings. The van der Waals surface area contributed by atoms with E-state index in [2.05, 4.69) is 69.3 Å². The molecule has 0 radical (unpaired) electrons. The molecule has 1 saturated carbocycles. The average molecular weight is 266 g/mol. The molecule has 3 rings (SSSR count). The Hall–Kier alpha value is -1.76. The van der Waals surface area contributed by atoms with Crippen LogP contribution in [-0.4, -0.2) is 6.10 Å². The number of hydrogen-bond donors (Lipinski definition) is 0. The first-order valence-corrected chi connectivity index (χ1v) is 7.40. The Bertz CT molecular complexity index is 569. The minimum absolute atomic E-state index is 0.209. The molecule has 104 valence electrons. The van der Waals surface area contributed by atoms with Gasteiger partial charge in [-0.3, -0.25) is 0 Å². The normalized spacial score (nSPS) is 15.2. The lowest BCUT2D eigenvalue weighted by Crippen LogP contribution is -2.10. The van der Waals surface area contributed by atoms with E-state index in [9.17, 15) is 0 Å². The van der Waals surface area contributed by atoms with Crippen molar-refractivity contribution < 1.29 is 4.74 Å². The molecule has 2 aromatic carbocycles. The standard InChI is InChI=1S/C19H22O/c1-19(2,3)16-8-4-14(5-9-16)15-6-10-17(11-7-15)20-18-12-13-18/h4-11,18H,12-13H2,1-3H3. The molecule has 0 unspecified atom stereocenters. The molecular formula is C19H22O. The van der Waals surface area contributed by atoms with Crippen LogP contribution < -0.4 is 4.74 Å². The molecular weight excluding hydrogens is 244 g/mol. The van der Waals surface area contributed by atoms with E-state index >= 15 is 0 Å². The third kappa shape index (κ3) is 3.04. The van der Waals surface area contributed by atoms with E-state index < -0.39 is 0 Å². The molecule has 0 saturated heterocycles. The van der Waals surface area contributed by atoms with Crippen molar-refractivity contribution in [3.05, 3.63) is 54.1 Å². The lowest BCUT2D eigenvalue weighted by atomic mass is 9.86. The third-order valence-corrected chi connectivity index (χ3v) is 3.77. The summed E-state index contributed by atoms with van der Waals surface area (Å²) in [6.07, 6.45) is 2.87. The van der Waals surface area contributed by atoms with Crippen molar-refractivity contribution in [3.8, 4) is 16.9 Å². The number of rotatable bonds is 3. The average Bonchev–Trinajstić information content (AvgIpc) is 3.23. The van der Waals surface area contributed by atoms with Crippen molar-refractivity contribution in [2.75, 3.05) is 0 Å². The lowest BCUT2D eigenvalue weighted by molar-refractivity contribution is 0.303. The summed E-state index contributed by atoms with van der Waals surface area (Å²) in [7, 11) is 0. The van der Waals surface area contributed by atoms with Gasteiger partial charge in [-0.25, -0.2) is 0 Å². The van der Waals surface area contributed by atoms with E-state index in [4.69, 9.17) is 4.74 Å². The second-order valence-electron chi connectivity index (χ2n) is 6.67. The van der Waals surface area contributed by atoms with Crippen molar-refractivity contribution in [2.24, 2.45) is 0 Å². The predicted octanol–water partition coefficient (Wildman–Crippen LogP) is 5.19. The molecule has 0 aliphatic heterocycles. The van der Waals surface area contributed by atoms with Gasteiger partial charge >= 0.3 is 0 Å². The Morgan fingerprint density at radius 2 is 1.30 bits per heavy atom. The second-order valence-corrected chi connectivity index (χ2v) is 6.67. The van der Waals surface area contributed by atoms with Crippen LogP contribution in [0.1, 0.15) is 39.2 Å². The van der Waals surface area contributed by atoms with E-state index in [1.165, 1.54) is 29.5 Å². The first kappa shape index (κ1) is 13.2. The van der Waals surface area contributed by atoms with Crippen LogP contribution in [0.25, 0.3) is 11.1 Å². The molecule has 0 spiro atoms. The van der Waals surface area contributed by atoms with Gasteiger partial charge in [0.1, 0.15) is 5.75 Å². The van der Waals surface area contributed by atoms with Crippen LogP contribution in [0.5, 0.6) is 5.75 Å². The molecule has 1 aliphatic carbocycles. The van der Waals surface area contributed by atoms with Gasteiger partial charge in [0.05, 0.1) is 6.10 Å². The monoisotopic (exact) mass is 266 g/mol. The van der Waals surface area contributed by atoms with Gasteiger partial charge in [0.2, 0.25) is 0 Å². The largest absolute Gasteiger partial charge is 0.490 e. The molecule has 0 bridgehead atoms. The Morgan fingerprint density at radius 3 is 1.75 bits per heavy atom. The van der Waals surface area contributed by atoms with Gasteiger partial charge in [0.25, 0.3) is 0 Å². The van der Waals surface area contributed by atoms with Gasteiger partial charge in [-0.15, -0.1) is 0 Å². The second kappa shape index (κ2) is 4.97. The van der Waals surface area contributed by atoms with Gasteiger partial charge in [-0.2, -0.15) is 0 Å². The maximum absolute atomic E-state index is 5.78. The zero-order chi connectivity index (χ0) is 14.2. The molecule has 0 heterocycles. The molecule has 0 aromatic heterocycles. The zero-order valence-electron chi connectivity index (χ0n) is 12.5. The number of hydrogen-bond acceptors (Lipinski definition) is 1. The molecule has 1 heteroatoms. The van der Waals surface area contributed by atoms with Crippen molar-refractivity contribution in [1.82, 2.24) is 0 Å². The molecule has 0 amide bonds. The quantitative estimate of drug-likeness (QED) is 0.742. The van der Waals surface area contributed by atoms with Gasteiger partial charge in [0, 0.05) is 0 Å². The van der Waals surface area contributed by atoms with E-state index in [1.54, 1.807) is 0 Å². The van der Waals surface area contributed by atoms with Crippen molar-refractivity contribution in [3.63, 3.8) is 0 Å². The summed E-state index contributed by atoms with van der Waals surface area (Å²) < 4.78 is 5.78. The molecule has 20 heavy (non-hydrogen) atoms. The van der Waals surface area contributed by atoms with Gasteiger partial charge < -0.3 is 4.74 Å². The molecule has 0 N–H and O–H groups in total. The highest BCUT2D eigenvalue weighted by Gasteiger charge is 2.23. The maximum atomic E-state index is 5.78. The lowest BCUT2D eigenvalue weighted by Gasteiger charge is -2.19. The van der Waals surface area contributed by atoms with Crippen LogP contribution in [0.3, 0.4) is 0 Å². The highest BCUT2D eigenvalue weighted by atomic mass is 16.5. The Kier molecular flexibility index (Phi) is 3.29. The van der Waals surface area contributed by atoms with E-state index in [-0.39, 0.29) is 5.41 Å². The van der Waals surface area contributed by atoms with E-state index in [0.717, 1.165) is 5.75 Å². The molecule has 0 atom stereocenters. The van der Waals surface area contributed by atoms with Crippen molar-refractivity contribution in [2.45, 2.75) is 45.1 Å². The van der Waals surface area contributed by atoms with Crippen LogP contribution in [0.4, 0.5) is 0 Å². The summed E-state index contributed by atoms with van der Waals surface area (Å²) in [6.45, 7) is 6.73. The van der Waals surface area contributed by atoms with Crippen LogP contribution >= 0.6 is 0 Å². The minimum atomic E-state index is 0.209. The Morgan fingerprint density at radius 1 is 0.800 bits per heavy atom. The zero-order valence-corrected chi connectivity index (χ0v) is 12.5. The minimum Gasteiger partial charge on any atom is -0.490 e. The Labute approximate surface area is 121 Å². The number of ether oxygens (including phenoxy) is 1. The van der Waals surface area contributed by atoms with Gasteiger partial charge in [-0.05, 0) is 47.1 Å². The molecule has 1 nitrogen and oxygen atoms in total. The van der Waals surface area contributed by atoms with E-state index in [1.807, 2.05) is 0 Å². The first-order chi connectivity index (χ1) is 9.52. The summed E-state index contributed by atoms with van der Waals surface area (Å²) in [5.74, 6) is 0.988. The highest BCUT2D eigenvalue weighted by Crippen LogP contribution is 2.30. The fraction of sp³-hybridized carbons (Fsp3) is 0.368. The first-order valence-electron chi connectivity index (χ1n) is 7.40. The summed E-state index contributed by atoms with van der Waals surface area (Å²) in [5.41, 5.74) is 4.08. The number of benzene rings is 2. The topological polar surface area (TPSA) is 9.23 Å². The van der Waals surface area contributed by atoms with Crippen LogP contribution in [0.15, 0.2) is 48.5 Å². The molecule has 2 aromatic rings. The van der Waals surface area contributed by atoms with Crippen LogP contribution in [0.2, 0.25) is 0 Å². The SMILES string of the molecule is CC(C)(C)c1ccc(-c2ccc(OC3CC3)cc2)cc1. The van der Waals surface area contributed by atoms with Gasteiger partial charge in [0.15, 0.2) is 0 Å². The van der Waals surface area contributed by atoms with Crippen molar-refractivity contribution >= 4 is 0 Å². The maximum Gasteiger partial charge on any atom is 0.119 e. The summed E-state index contributed by atoms with van der Waals surface area (Å²) >= 11 is 0. The third-order valence-electron chi connectivity index (χ3n) is 3.77. The fourth-order valence-corrected chi connectivity index (χ4v) is 2.27.